The molecule has 34 heavy (non-hydrogen) atoms. The van der Waals surface area contributed by atoms with Crippen molar-refractivity contribution in [2.24, 2.45) is 7.05 Å². The molecule has 1 aliphatic heterocycles. The number of hydrogen-bond donors (Lipinski definition) is 2. The molecule has 0 saturated heterocycles. The lowest BCUT2D eigenvalue weighted by molar-refractivity contribution is -0.130. The van der Waals surface area contributed by atoms with E-state index in [0.29, 0.717) is 24.0 Å². The molecule has 2 atom stereocenters. The molecule has 1 aliphatic rings. The van der Waals surface area contributed by atoms with Crippen molar-refractivity contribution in [2.75, 3.05) is 6.54 Å². The van der Waals surface area contributed by atoms with E-state index >= 15 is 0 Å². The van der Waals surface area contributed by atoms with Crippen LogP contribution in [-0.2, 0) is 18.3 Å². The number of nitrogens with one attached hydrogen (secondary N) is 2. The molecule has 1 amide bonds. The molecule has 0 radical (unpaired) electrons. The summed E-state index contributed by atoms with van der Waals surface area (Å²) in [6.45, 7) is 9.09. The van der Waals surface area contributed by atoms with Crippen molar-refractivity contribution in [3.8, 4) is 11.5 Å². The topological polar surface area (TPSA) is 66.0 Å². The number of aromatic amines is 1. The van der Waals surface area contributed by atoms with E-state index in [1.807, 2.05) is 13.1 Å². The lowest BCUT2D eigenvalue weighted by Gasteiger charge is -2.41. The van der Waals surface area contributed by atoms with Gasteiger partial charge in [-0.3, -0.25) is 14.8 Å². The molecule has 0 aliphatic carbocycles. The van der Waals surface area contributed by atoms with Crippen molar-refractivity contribution in [1.82, 2.24) is 25.0 Å². The Kier molecular flexibility index (Phi) is 6.65. The largest absolute Gasteiger partial charge is 0.354 e. The number of benzene rings is 1. The molecule has 2 aromatic heterocycles. The van der Waals surface area contributed by atoms with Gasteiger partial charge in [-0.2, -0.15) is 5.10 Å². The van der Waals surface area contributed by atoms with Gasteiger partial charge in [0.05, 0.1) is 17.4 Å². The Morgan fingerprint density at radius 3 is 2.74 bits per heavy atom. The Morgan fingerprint density at radius 2 is 2.09 bits per heavy atom. The molecule has 0 unspecified atom stereocenters. The van der Waals surface area contributed by atoms with Gasteiger partial charge in [-0.05, 0) is 36.6 Å². The monoisotopic (exact) mass is 483 g/mol. The van der Waals surface area contributed by atoms with E-state index in [0.717, 1.165) is 30.2 Å². The number of aryl methyl sites for hydroxylation is 1. The Morgan fingerprint density at radius 1 is 1.32 bits per heavy atom. The zero-order valence-electron chi connectivity index (χ0n) is 20.3. The minimum absolute atomic E-state index is 0.244. The first-order valence-corrected chi connectivity index (χ1v) is 15.2. The van der Waals surface area contributed by atoms with Crippen molar-refractivity contribution in [3.05, 3.63) is 53.0 Å². The summed E-state index contributed by atoms with van der Waals surface area (Å²) in [6.07, 6.45) is 3.65. The van der Waals surface area contributed by atoms with Crippen LogP contribution in [0.2, 0.25) is 19.6 Å². The van der Waals surface area contributed by atoms with Gasteiger partial charge in [-0.15, -0.1) is 5.54 Å². The predicted octanol–water partition coefficient (Wildman–Crippen LogP) is 4.25. The van der Waals surface area contributed by atoms with Crippen LogP contribution in [-0.4, -0.2) is 46.4 Å². The van der Waals surface area contributed by atoms with Crippen molar-refractivity contribution < 1.29 is 13.6 Å². The minimum atomic E-state index is -1.79. The fraction of sp³-hybridized carbons (Fsp3) is 0.440. The number of carbonyl (C=O) groups excluding carboxylic acids is 1. The van der Waals surface area contributed by atoms with Crippen LogP contribution < -0.4 is 5.32 Å². The Labute approximate surface area is 199 Å². The summed E-state index contributed by atoms with van der Waals surface area (Å²) in [5.41, 5.74) is 5.66. The molecule has 180 valence electrons. The highest BCUT2D eigenvalue weighted by Crippen LogP contribution is 2.41. The molecule has 2 N–H and O–H groups in total. The molecular formula is C25H31F2N5OSi. The summed E-state index contributed by atoms with van der Waals surface area (Å²) in [5.74, 6) is 1.32. The SMILES string of the molecule is CCCCN[C@H]1Cc2c([nH]c3c(F)cc(F)cc23)[C@H](c2ccnn2C)N1C(=O)C#C[Si](C)(C)C. The number of fused-ring (bicyclic) bond motifs is 3. The molecule has 4 rings (SSSR count). The van der Waals surface area contributed by atoms with Crippen LogP contribution in [0.15, 0.2) is 24.4 Å². The third kappa shape index (κ3) is 4.65. The van der Waals surface area contributed by atoms with Gasteiger partial charge in [-0.1, -0.05) is 33.0 Å². The van der Waals surface area contributed by atoms with Gasteiger partial charge in [0.25, 0.3) is 5.91 Å². The summed E-state index contributed by atoms with van der Waals surface area (Å²) in [6, 6.07) is 3.51. The average Bonchev–Trinajstić information content (AvgIpc) is 3.34. The van der Waals surface area contributed by atoms with Gasteiger partial charge in [0.15, 0.2) is 0 Å². The highest BCUT2D eigenvalue weighted by molar-refractivity contribution is 6.84. The van der Waals surface area contributed by atoms with Gasteiger partial charge in [0.1, 0.15) is 25.8 Å². The summed E-state index contributed by atoms with van der Waals surface area (Å²) < 4.78 is 30.6. The maximum atomic E-state index is 14.7. The zero-order chi connectivity index (χ0) is 24.6. The number of hydrogen-bond acceptors (Lipinski definition) is 3. The first-order chi connectivity index (χ1) is 16.1. The number of unbranched alkanes of at least 4 members (excludes halogenated alkanes) is 1. The number of nitrogens with zero attached hydrogens (tertiary/aromatic N) is 3. The van der Waals surface area contributed by atoms with Gasteiger partial charge in [0, 0.05) is 36.8 Å². The van der Waals surface area contributed by atoms with Gasteiger partial charge in [0.2, 0.25) is 0 Å². The van der Waals surface area contributed by atoms with Crippen molar-refractivity contribution in [1.29, 1.82) is 0 Å². The minimum Gasteiger partial charge on any atom is -0.354 e. The van der Waals surface area contributed by atoms with Gasteiger partial charge < -0.3 is 9.88 Å². The van der Waals surface area contributed by atoms with E-state index < -0.39 is 25.8 Å². The second kappa shape index (κ2) is 9.35. The molecule has 0 bridgehead atoms. The van der Waals surface area contributed by atoms with Crippen LogP contribution in [0.3, 0.4) is 0 Å². The molecule has 0 spiro atoms. The van der Waals surface area contributed by atoms with E-state index in [4.69, 9.17) is 0 Å². The predicted molar refractivity (Wildman–Crippen MR) is 132 cm³/mol. The highest BCUT2D eigenvalue weighted by atomic mass is 28.3. The molecule has 6 nitrogen and oxygen atoms in total. The van der Waals surface area contributed by atoms with E-state index in [1.54, 1.807) is 15.8 Å². The van der Waals surface area contributed by atoms with Gasteiger partial charge >= 0.3 is 0 Å². The third-order valence-electron chi connectivity index (χ3n) is 6.08. The van der Waals surface area contributed by atoms with Gasteiger partial charge in [-0.25, -0.2) is 8.78 Å². The van der Waals surface area contributed by atoms with E-state index in [1.165, 1.54) is 6.07 Å². The van der Waals surface area contributed by atoms with Crippen LogP contribution >= 0.6 is 0 Å². The highest BCUT2D eigenvalue weighted by Gasteiger charge is 2.41. The van der Waals surface area contributed by atoms with Crippen LogP contribution in [0.5, 0.6) is 0 Å². The maximum Gasteiger partial charge on any atom is 0.300 e. The molecule has 0 saturated carbocycles. The van der Waals surface area contributed by atoms with Crippen molar-refractivity contribution in [3.63, 3.8) is 0 Å². The molecular weight excluding hydrogens is 452 g/mol. The number of aromatic nitrogens is 3. The molecule has 0 fully saturated rings. The van der Waals surface area contributed by atoms with Crippen molar-refractivity contribution in [2.45, 2.75) is 58.0 Å². The van der Waals surface area contributed by atoms with Crippen LogP contribution in [0.4, 0.5) is 8.78 Å². The molecule has 3 aromatic rings. The second-order valence-corrected chi connectivity index (χ2v) is 14.6. The normalized spacial score (nSPS) is 18.0. The number of rotatable bonds is 5. The first-order valence-electron chi connectivity index (χ1n) is 11.7. The Balaban J connectivity index is 1.93. The third-order valence-corrected chi connectivity index (χ3v) is 6.95. The van der Waals surface area contributed by atoms with E-state index in [2.05, 4.69) is 53.4 Å². The fourth-order valence-electron chi connectivity index (χ4n) is 4.48. The lowest BCUT2D eigenvalue weighted by atomic mass is 9.92. The lowest BCUT2D eigenvalue weighted by Crippen LogP contribution is -2.54. The molecule has 3 heterocycles. The van der Waals surface area contributed by atoms with Crippen LogP contribution in [0.25, 0.3) is 10.9 Å². The molecule has 9 heteroatoms. The number of halogens is 2. The zero-order valence-corrected chi connectivity index (χ0v) is 21.3. The number of amides is 1. The van der Waals surface area contributed by atoms with Crippen molar-refractivity contribution >= 4 is 24.9 Å². The Bertz CT molecular complexity index is 1280. The number of H-pyrrole nitrogens is 1. The van der Waals surface area contributed by atoms with E-state index in [-0.39, 0.29) is 17.6 Å². The van der Waals surface area contributed by atoms with Crippen LogP contribution in [0.1, 0.15) is 42.8 Å². The second-order valence-electron chi connectivity index (χ2n) is 9.85. The first kappa shape index (κ1) is 24.2. The van der Waals surface area contributed by atoms with Crippen LogP contribution in [0, 0.1) is 23.1 Å². The summed E-state index contributed by atoms with van der Waals surface area (Å²) in [5, 5.41) is 8.32. The maximum absolute atomic E-state index is 14.7. The summed E-state index contributed by atoms with van der Waals surface area (Å²) in [4.78, 5) is 18.5. The molecule has 1 aromatic carbocycles. The Hall–Kier alpha value is -2.96. The number of carbonyl (C=O) groups is 1. The quantitative estimate of drug-likeness (QED) is 0.324. The standard InChI is InChI=1S/C25H31F2N5OSi/c1-6-7-10-28-21-15-18-17-13-16(26)14-19(27)23(17)30-24(18)25(20-8-11-29-31(20)2)32(21)22(33)9-12-34(3,4)5/h8,11,13-14,21,25,28,30H,6-7,10,15H2,1-5H3/t21-,25+/m1/s1. The van der Waals surface area contributed by atoms with E-state index in [9.17, 15) is 13.6 Å². The smallest absolute Gasteiger partial charge is 0.300 e. The fourth-order valence-corrected chi connectivity index (χ4v) is 4.96. The average molecular weight is 484 g/mol. The summed E-state index contributed by atoms with van der Waals surface area (Å²) in [7, 11) is 0.0146. The summed E-state index contributed by atoms with van der Waals surface area (Å²) >= 11 is 0.